The number of hydrogen-bond acceptors (Lipinski definition) is 0. The fraction of sp³-hybridized carbons (Fsp3) is 0.250. The van der Waals surface area contributed by atoms with Crippen molar-refractivity contribution in [1.29, 1.82) is 0 Å². The predicted molar refractivity (Wildman–Crippen MR) is 55.8 cm³/mol. The van der Waals surface area contributed by atoms with Gasteiger partial charge in [0.1, 0.15) is 0 Å². The summed E-state index contributed by atoms with van der Waals surface area (Å²) in [5.41, 5.74) is 5.44. The number of hydrogen-bond donors (Lipinski definition) is 0. The first-order valence-electron chi connectivity index (χ1n) is 4.38. The van der Waals surface area contributed by atoms with E-state index in [1.807, 2.05) is 0 Å². The Morgan fingerprint density at radius 1 is 1.08 bits per heavy atom. The van der Waals surface area contributed by atoms with Gasteiger partial charge in [0, 0.05) is 0 Å². The van der Waals surface area contributed by atoms with E-state index in [9.17, 15) is 0 Å². The summed E-state index contributed by atoms with van der Waals surface area (Å²) < 4.78 is 2.24. The van der Waals surface area contributed by atoms with Crippen molar-refractivity contribution in [2.75, 3.05) is 0 Å². The molecule has 0 heterocycles. The summed E-state index contributed by atoms with van der Waals surface area (Å²) in [6, 6.07) is 4.52. The summed E-state index contributed by atoms with van der Waals surface area (Å²) in [7, 11) is 0. The molecule has 0 amide bonds. The molecule has 0 saturated heterocycles. The molecule has 0 atom stereocenters. The molecule has 1 rings (SSSR count). The second-order valence-electron chi connectivity index (χ2n) is 3.18. The van der Waals surface area contributed by atoms with Crippen molar-refractivity contribution in [2.45, 2.75) is 20.8 Å². The summed E-state index contributed by atoms with van der Waals surface area (Å²) in [5.74, 6) is 0. The monoisotopic (exact) mass is 342 g/mol. The van der Waals surface area contributed by atoms with Crippen LogP contribution in [0.1, 0.15) is 29.2 Å². The van der Waals surface area contributed by atoms with E-state index in [1.165, 1.54) is 41.6 Å². The number of allylic oxidation sites excluding steroid dienone is 1. The number of rotatable bonds is 2. The average molecular weight is 342 g/mol. The van der Waals surface area contributed by atoms with E-state index in [1.54, 1.807) is 0 Å². The van der Waals surface area contributed by atoms with Gasteiger partial charge in [-0.3, -0.25) is 0 Å². The number of benzene rings is 1. The molecule has 13 heavy (non-hydrogen) atoms. The molecule has 0 fully saturated rings. The van der Waals surface area contributed by atoms with E-state index < -0.39 is 0 Å². The Morgan fingerprint density at radius 2 is 1.62 bits per heavy atom. The van der Waals surface area contributed by atoms with Crippen LogP contribution in [0.2, 0.25) is 0 Å². The third-order valence-corrected chi connectivity index (χ3v) is 3.08. The second-order valence-corrected chi connectivity index (χ2v) is 4.03. The Morgan fingerprint density at radius 3 is 2.08 bits per heavy atom. The third-order valence-electron chi connectivity index (χ3n) is 2.17. The van der Waals surface area contributed by atoms with Gasteiger partial charge in [0.15, 0.2) is 0 Å². The van der Waals surface area contributed by atoms with Crippen LogP contribution < -0.4 is 0 Å². The maximum atomic E-state index is 2.26. The molecular formula is C12H14W. The molecule has 0 spiro atoms. The molecule has 0 aliphatic carbocycles. The minimum atomic E-state index is 1.33. The topological polar surface area (TPSA) is 0 Å². The molecule has 0 unspecified atom stereocenters. The molecule has 0 radical (unpaired) electrons. The number of aryl methyl sites for hydroxylation is 2. The molecule has 0 aliphatic rings. The Bertz CT molecular complexity index is 348. The standard InChI is InChI=1S/C12H14.W/c1-5-6-12-8-10(3)9(2)7-11(12)4;/h4-8H,1-3H3;. The van der Waals surface area contributed by atoms with Gasteiger partial charge in [-0.2, -0.15) is 0 Å². The second kappa shape index (κ2) is 4.67. The van der Waals surface area contributed by atoms with Gasteiger partial charge < -0.3 is 0 Å². The quantitative estimate of drug-likeness (QED) is 0.775. The fourth-order valence-corrected chi connectivity index (χ4v) is 2.02. The van der Waals surface area contributed by atoms with Gasteiger partial charge in [0.25, 0.3) is 0 Å². The molecular weight excluding hydrogens is 328 g/mol. The van der Waals surface area contributed by atoms with E-state index in [2.05, 4.69) is 49.5 Å². The van der Waals surface area contributed by atoms with Crippen LogP contribution in [0.3, 0.4) is 0 Å². The van der Waals surface area contributed by atoms with Crippen molar-refractivity contribution in [3.05, 3.63) is 40.5 Å². The van der Waals surface area contributed by atoms with Crippen molar-refractivity contribution >= 4 is 10.5 Å². The zero-order valence-electron chi connectivity index (χ0n) is 8.29. The van der Waals surface area contributed by atoms with Gasteiger partial charge in [-0.1, -0.05) is 0 Å². The van der Waals surface area contributed by atoms with Gasteiger partial charge in [-0.25, -0.2) is 0 Å². The zero-order chi connectivity index (χ0) is 9.84. The van der Waals surface area contributed by atoms with Crippen LogP contribution in [0.15, 0.2) is 18.2 Å². The van der Waals surface area contributed by atoms with Crippen LogP contribution in [0.4, 0.5) is 0 Å². The van der Waals surface area contributed by atoms with Gasteiger partial charge in [0.05, 0.1) is 0 Å². The van der Waals surface area contributed by atoms with E-state index in [4.69, 9.17) is 0 Å². The fourth-order valence-electron chi connectivity index (χ4n) is 1.29. The molecule has 1 aromatic rings. The van der Waals surface area contributed by atoms with E-state index in [-0.39, 0.29) is 0 Å². The maximum absolute atomic E-state index is 2.26. The average Bonchev–Trinajstić information content (AvgIpc) is 2.11. The van der Waals surface area contributed by atoms with Crippen molar-refractivity contribution in [2.24, 2.45) is 0 Å². The summed E-state index contributed by atoms with van der Waals surface area (Å²) in [4.78, 5) is 0. The molecule has 0 aromatic heterocycles. The summed E-state index contributed by atoms with van der Waals surface area (Å²) in [5, 5.41) is 0. The molecule has 0 bridgehead atoms. The van der Waals surface area contributed by atoms with Crippen molar-refractivity contribution in [3.8, 4) is 0 Å². The summed E-state index contributed by atoms with van der Waals surface area (Å²) >= 11 is 1.50. The Kier molecular flexibility index (Phi) is 3.81. The SMILES string of the molecule is CC=Cc1cc(C)c(C)cc1[CH]=[W]. The van der Waals surface area contributed by atoms with E-state index in [0.717, 1.165) is 0 Å². The Balaban J connectivity index is 3.32. The van der Waals surface area contributed by atoms with E-state index >= 15 is 0 Å². The van der Waals surface area contributed by atoms with Crippen LogP contribution in [0, 0.1) is 13.8 Å². The van der Waals surface area contributed by atoms with Gasteiger partial charge in [-0.05, 0) is 0 Å². The van der Waals surface area contributed by atoms with Gasteiger partial charge in [-0.15, -0.1) is 0 Å². The van der Waals surface area contributed by atoms with Gasteiger partial charge in [0.2, 0.25) is 0 Å². The molecule has 1 aromatic carbocycles. The van der Waals surface area contributed by atoms with Crippen molar-refractivity contribution < 1.29 is 19.4 Å². The van der Waals surface area contributed by atoms with Crippen molar-refractivity contribution in [1.82, 2.24) is 0 Å². The predicted octanol–water partition coefficient (Wildman–Crippen LogP) is 3.03. The summed E-state index contributed by atoms with van der Waals surface area (Å²) in [6.07, 6.45) is 4.26. The normalized spacial score (nSPS) is 10.7. The van der Waals surface area contributed by atoms with Crippen LogP contribution in [0.5, 0.6) is 0 Å². The first kappa shape index (κ1) is 10.6. The van der Waals surface area contributed by atoms with Crippen LogP contribution in [-0.2, 0) is 19.4 Å². The van der Waals surface area contributed by atoms with Crippen LogP contribution in [0.25, 0.3) is 6.08 Å². The molecule has 0 nitrogen and oxygen atoms in total. The first-order valence-corrected chi connectivity index (χ1v) is 6.07. The first-order chi connectivity index (χ1) is 6.19. The third kappa shape index (κ3) is 2.48. The summed E-state index contributed by atoms with van der Waals surface area (Å²) in [6.45, 7) is 6.38. The van der Waals surface area contributed by atoms with Crippen molar-refractivity contribution in [3.63, 3.8) is 0 Å². The molecule has 68 valence electrons. The zero-order valence-corrected chi connectivity index (χ0v) is 11.2. The van der Waals surface area contributed by atoms with Crippen LogP contribution in [-0.4, -0.2) is 4.40 Å². The Labute approximate surface area is 91.1 Å². The molecule has 0 aliphatic heterocycles. The minimum absolute atomic E-state index is 1.33. The van der Waals surface area contributed by atoms with Crippen LogP contribution >= 0.6 is 0 Å². The molecule has 0 saturated carbocycles. The van der Waals surface area contributed by atoms with Gasteiger partial charge >= 0.3 is 91.1 Å². The molecule has 0 N–H and O–H groups in total. The Hall–Kier alpha value is -0.482. The molecule has 1 heteroatoms. The van der Waals surface area contributed by atoms with E-state index in [0.29, 0.717) is 0 Å².